The summed E-state index contributed by atoms with van der Waals surface area (Å²) in [5.41, 5.74) is 0.732. The number of aromatic carboxylic acids is 1. The Labute approximate surface area is 120 Å². The molecule has 0 aliphatic heterocycles. The van der Waals surface area contributed by atoms with Crippen LogP contribution in [0, 0.1) is 0 Å². The van der Waals surface area contributed by atoms with Crippen LogP contribution in [0.2, 0.25) is 0 Å². The van der Waals surface area contributed by atoms with Crippen LogP contribution in [0.25, 0.3) is 16.5 Å². The average molecular weight is 280 g/mol. The van der Waals surface area contributed by atoms with Crippen molar-refractivity contribution in [1.29, 1.82) is 0 Å². The van der Waals surface area contributed by atoms with Gasteiger partial charge in [0.15, 0.2) is 5.82 Å². The summed E-state index contributed by atoms with van der Waals surface area (Å²) >= 11 is 0. The van der Waals surface area contributed by atoms with Crippen molar-refractivity contribution in [3.63, 3.8) is 0 Å². The van der Waals surface area contributed by atoms with Crippen molar-refractivity contribution in [1.82, 2.24) is 20.2 Å². The van der Waals surface area contributed by atoms with Gasteiger partial charge in [-0.25, -0.2) is 4.79 Å². The Bertz CT molecular complexity index is 852. The van der Waals surface area contributed by atoms with Crippen molar-refractivity contribution in [3.8, 4) is 5.69 Å². The number of hydrogen-bond donors (Lipinski definition) is 1. The zero-order chi connectivity index (χ0) is 14.4. The van der Waals surface area contributed by atoms with E-state index in [1.807, 2.05) is 30.3 Å². The standard InChI is InChI=1S/C15H12N4O2/c20-15(21)12-7-10-3-1-2-4-11(10)8-13(12)19-14(9-5-6-9)16-17-18-19/h1-4,7-9H,5-6H2,(H,20,21). The molecule has 1 fully saturated rings. The van der Waals surface area contributed by atoms with Crippen LogP contribution in [0.15, 0.2) is 36.4 Å². The van der Waals surface area contributed by atoms with Gasteiger partial charge in [-0.15, -0.1) is 5.10 Å². The number of aromatic nitrogens is 4. The third-order valence-electron chi connectivity index (χ3n) is 3.76. The van der Waals surface area contributed by atoms with E-state index in [0.29, 0.717) is 11.6 Å². The van der Waals surface area contributed by atoms with Gasteiger partial charge in [0.25, 0.3) is 0 Å². The number of carboxylic acid groups (broad SMARTS) is 1. The van der Waals surface area contributed by atoms with Gasteiger partial charge in [0.2, 0.25) is 0 Å². The van der Waals surface area contributed by atoms with Crippen LogP contribution in [0.5, 0.6) is 0 Å². The minimum absolute atomic E-state index is 0.211. The maximum Gasteiger partial charge on any atom is 0.337 e. The molecule has 1 aromatic heterocycles. The molecule has 1 saturated carbocycles. The molecule has 4 rings (SSSR count). The average Bonchev–Trinajstić information content (AvgIpc) is 3.23. The molecule has 6 heteroatoms. The quantitative estimate of drug-likeness (QED) is 0.796. The van der Waals surface area contributed by atoms with Crippen LogP contribution in [0.4, 0.5) is 0 Å². The normalized spacial score (nSPS) is 14.5. The molecule has 1 aliphatic rings. The first-order valence-electron chi connectivity index (χ1n) is 6.79. The fourth-order valence-electron chi connectivity index (χ4n) is 2.54. The Hall–Kier alpha value is -2.76. The molecule has 1 N–H and O–H groups in total. The summed E-state index contributed by atoms with van der Waals surface area (Å²) in [6.07, 6.45) is 2.10. The molecule has 1 aliphatic carbocycles. The summed E-state index contributed by atoms with van der Waals surface area (Å²) in [4.78, 5) is 11.6. The topological polar surface area (TPSA) is 80.9 Å². The molecular weight excluding hydrogens is 268 g/mol. The van der Waals surface area contributed by atoms with Crippen molar-refractivity contribution in [2.24, 2.45) is 0 Å². The van der Waals surface area contributed by atoms with Gasteiger partial charge < -0.3 is 5.11 Å². The highest BCUT2D eigenvalue weighted by molar-refractivity contribution is 5.98. The Kier molecular flexibility index (Phi) is 2.50. The van der Waals surface area contributed by atoms with E-state index in [1.165, 1.54) is 0 Å². The molecule has 0 radical (unpaired) electrons. The second-order valence-corrected chi connectivity index (χ2v) is 5.24. The molecule has 6 nitrogen and oxygen atoms in total. The first kappa shape index (κ1) is 12.0. The number of rotatable bonds is 3. The van der Waals surface area contributed by atoms with Crippen molar-refractivity contribution < 1.29 is 9.90 Å². The van der Waals surface area contributed by atoms with Crippen LogP contribution in [0.3, 0.4) is 0 Å². The summed E-state index contributed by atoms with van der Waals surface area (Å²) in [6.45, 7) is 0. The lowest BCUT2D eigenvalue weighted by molar-refractivity contribution is 0.0697. The van der Waals surface area contributed by atoms with Crippen LogP contribution < -0.4 is 0 Å². The molecule has 21 heavy (non-hydrogen) atoms. The molecule has 2 aromatic carbocycles. The Morgan fingerprint density at radius 3 is 2.57 bits per heavy atom. The van der Waals surface area contributed by atoms with Crippen molar-refractivity contribution in [2.75, 3.05) is 0 Å². The van der Waals surface area contributed by atoms with Crippen molar-refractivity contribution in [3.05, 3.63) is 47.8 Å². The summed E-state index contributed by atoms with van der Waals surface area (Å²) in [5.74, 6) is 0.105. The van der Waals surface area contributed by atoms with Gasteiger partial charge >= 0.3 is 5.97 Å². The Balaban J connectivity index is 1.99. The number of carbonyl (C=O) groups is 1. The summed E-state index contributed by atoms with van der Waals surface area (Å²) in [5, 5.41) is 23.1. The van der Waals surface area contributed by atoms with Gasteiger partial charge in [0.1, 0.15) is 0 Å². The molecule has 0 saturated heterocycles. The largest absolute Gasteiger partial charge is 0.478 e. The molecule has 0 amide bonds. The predicted octanol–water partition coefficient (Wildman–Crippen LogP) is 2.39. The van der Waals surface area contributed by atoms with Crippen LogP contribution in [-0.4, -0.2) is 31.3 Å². The number of tetrazole rings is 1. The van der Waals surface area contributed by atoms with E-state index >= 15 is 0 Å². The van der Waals surface area contributed by atoms with E-state index in [1.54, 1.807) is 10.7 Å². The van der Waals surface area contributed by atoms with E-state index in [4.69, 9.17) is 0 Å². The number of benzene rings is 2. The zero-order valence-corrected chi connectivity index (χ0v) is 11.1. The molecule has 0 atom stereocenters. The molecule has 3 aromatic rings. The summed E-state index contributed by atoms with van der Waals surface area (Å²) in [6, 6.07) is 11.2. The van der Waals surface area contributed by atoms with E-state index in [-0.39, 0.29) is 5.56 Å². The lowest BCUT2D eigenvalue weighted by atomic mass is 10.0. The molecular formula is C15H12N4O2. The SMILES string of the molecule is O=C(O)c1cc2ccccc2cc1-n1nnnc1C1CC1. The Morgan fingerprint density at radius 1 is 1.19 bits per heavy atom. The van der Waals surface area contributed by atoms with Gasteiger partial charge in [-0.2, -0.15) is 4.68 Å². The number of carboxylic acids is 1. The second-order valence-electron chi connectivity index (χ2n) is 5.24. The second kappa shape index (κ2) is 4.37. The maximum absolute atomic E-state index is 11.6. The predicted molar refractivity (Wildman–Crippen MR) is 75.6 cm³/mol. The first-order chi connectivity index (χ1) is 10.2. The lowest BCUT2D eigenvalue weighted by Gasteiger charge is -2.09. The fourth-order valence-corrected chi connectivity index (χ4v) is 2.54. The lowest BCUT2D eigenvalue weighted by Crippen LogP contribution is -2.09. The summed E-state index contributed by atoms with van der Waals surface area (Å²) < 4.78 is 1.56. The smallest absolute Gasteiger partial charge is 0.337 e. The highest BCUT2D eigenvalue weighted by Crippen LogP contribution is 2.39. The van der Waals surface area contributed by atoms with E-state index in [9.17, 15) is 9.90 Å². The fraction of sp³-hybridized carbons (Fsp3) is 0.200. The van der Waals surface area contributed by atoms with Gasteiger partial charge in [-0.3, -0.25) is 0 Å². The maximum atomic E-state index is 11.6. The van der Waals surface area contributed by atoms with Gasteiger partial charge in [-0.1, -0.05) is 24.3 Å². The van der Waals surface area contributed by atoms with Crippen LogP contribution in [-0.2, 0) is 0 Å². The van der Waals surface area contributed by atoms with Gasteiger partial charge in [0.05, 0.1) is 11.3 Å². The molecule has 0 spiro atoms. The summed E-state index contributed by atoms with van der Waals surface area (Å²) in [7, 11) is 0. The third-order valence-corrected chi connectivity index (χ3v) is 3.76. The van der Waals surface area contributed by atoms with Crippen molar-refractivity contribution >= 4 is 16.7 Å². The Morgan fingerprint density at radius 2 is 1.90 bits per heavy atom. The zero-order valence-electron chi connectivity index (χ0n) is 11.1. The van der Waals surface area contributed by atoms with Crippen LogP contribution in [0.1, 0.15) is 34.9 Å². The van der Waals surface area contributed by atoms with E-state index in [0.717, 1.165) is 29.4 Å². The minimum Gasteiger partial charge on any atom is -0.478 e. The van der Waals surface area contributed by atoms with Gasteiger partial charge in [-0.05, 0) is 46.2 Å². The van der Waals surface area contributed by atoms with E-state index in [2.05, 4.69) is 15.5 Å². The monoisotopic (exact) mass is 280 g/mol. The third kappa shape index (κ3) is 1.96. The molecule has 104 valence electrons. The molecule has 1 heterocycles. The number of fused-ring (bicyclic) bond motifs is 1. The first-order valence-corrected chi connectivity index (χ1v) is 6.79. The molecule has 0 bridgehead atoms. The number of nitrogens with zero attached hydrogens (tertiary/aromatic N) is 4. The number of hydrogen-bond acceptors (Lipinski definition) is 4. The highest BCUT2D eigenvalue weighted by atomic mass is 16.4. The van der Waals surface area contributed by atoms with Crippen molar-refractivity contribution in [2.45, 2.75) is 18.8 Å². The molecule has 0 unspecified atom stereocenters. The van der Waals surface area contributed by atoms with E-state index < -0.39 is 5.97 Å². The van der Waals surface area contributed by atoms with Gasteiger partial charge in [0, 0.05) is 5.92 Å². The van der Waals surface area contributed by atoms with Crippen LogP contribution >= 0.6 is 0 Å². The highest BCUT2D eigenvalue weighted by Gasteiger charge is 2.31. The minimum atomic E-state index is -0.979.